The van der Waals surface area contributed by atoms with Gasteiger partial charge in [0.2, 0.25) is 5.89 Å². The minimum Gasteiger partial charge on any atom is -0.407 e. The van der Waals surface area contributed by atoms with Crippen molar-refractivity contribution in [3.05, 3.63) is 41.3 Å². The molecule has 1 heterocycles. The average molecular weight is 244 g/mol. The molecule has 1 aliphatic carbocycles. The van der Waals surface area contributed by atoms with Crippen molar-refractivity contribution < 1.29 is 4.42 Å². The molecule has 0 aliphatic heterocycles. The van der Waals surface area contributed by atoms with Gasteiger partial charge in [-0.15, -0.1) is 5.10 Å². The fraction of sp³-hybridized carbons (Fsp3) is 0.385. The molecule has 5 nitrogen and oxygen atoms in total. The Morgan fingerprint density at radius 2 is 2.22 bits per heavy atom. The minimum atomic E-state index is 0.504. The first kappa shape index (κ1) is 11.2. The molecular formula is C13H16N4O. The molecular weight excluding hydrogens is 228 g/mol. The fourth-order valence-electron chi connectivity index (χ4n) is 2.30. The van der Waals surface area contributed by atoms with E-state index in [9.17, 15) is 0 Å². The van der Waals surface area contributed by atoms with E-state index in [2.05, 4.69) is 45.1 Å². The van der Waals surface area contributed by atoms with Crippen LogP contribution in [0, 0.1) is 0 Å². The average Bonchev–Trinajstić information content (AvgIpc) is 2.79. The van der Waals surface area contributed by atoms with Crippen LogP contribution in [0.4, 0.5) is 6.01 Å². The molecule has 1 unspecified atom stereocenters. The number of benzene rings is 1. The first-order valence-corrected chi connectivity index (χ1v) is 6.15. The van der Waals surface area contributed by atoms with Crippen LogP contribution in [0.5, 0.6) is 0 Å². The Bertz CT molecular complexity index is 537. The van der Waals surface area contributed by atoms with E-state index >= 15 is 0 Å². The summed E-state index contributed by atoms with van der Waals surface area (Å²) >= 11 is 0. The van der Waals surface area contributed by atoms with Gasteiger partial charge in [0.05, 0.1) is 6.54 Å². The van der Waals surface area contributed by atoms with E-state index in [0.717, 1.165) is 13.0 Å². The molecule has 2 aromatic rings. The highest BCUT2D eigenvalue weighted by atomic mass is 16.4. The Morgan fingerprint density at radius 3 is 3.06 bits per heavy atom. The maximum atomic E-state index is 5.44. The van der Waals surface area contributed by atoms with E-state index in [0.29, 0.717) is 24.4 Å². The van der Waals surface area contributed by atoms with E-state index in [1.807, 2.05) is 7.05 Å². The number of hydrogen-bond donors (Lipinski definition) is 2. The zero-order valence-electron chi connectivity index (χ0n) is 10.3. The van der Waals surface area contributed by atoms with Crippen molar-refractivity contribution in [2.75, 3.05) is 18.9 Å². The molecule has 0 saturated heterocycles. The minimum absolute atomic E-state index is 0.504. The third kappa shape index (κ3) is 2.09. The van der Waals surface area contributed by atoms with E-state index in [4.69, 9.17) is 4.42 Å². The molecule has 5 heteroatoms. The van der Waals surface area contributed by atoms with Crippen LogP contribution in [0.2, 0.25) is 0 Å². The highest BCUT2D eigenvalue weighted by Crippen LogP contribution is 2.34. The summed E-state index contributed by atoms with van der Waals surface area (Å²) in [4.78, 5) is 0. The van der Waals surface area contributed by atoms with Gasteiger partial charge in [0.25, 0.3) is 0 Å². The summed E-state index contributed by atoms with van der Waals surface area (Å²) in [6.07, 6.45) is 1.13. The van der Waals surface area contributed by atoms with Crippen molar-refractivity contribution in [2.45, 2.75) is 18.9 Å². The lowest BCUT2D eigenvalue weighted by Crippen LogP contribution is -2.24. The fourth-order valence-corrected chi connectivity index (χ4v) is 2.30. The number of rotatable bonds is 5. The van der Waals surface area contributed by atoms with E-state index < -0.39 is 0 Å². The van der Waals surface area contributed by atoms with Gasteiger partial charge in [0, 0.05) is 12.5 Å². The smallest absolute Gasteiger partial charge is 0.315 e. The summed E-state index contributed by atoms with van der Waals surface area (Å²) in [6.45, 7) is 1.44. The van der Waals surface area contributed by atoms with Crippen LogP contribution in [-0.4, -0.2) is 23.8 Å². The number of nitrogens with zero attached hydrogens (tertiary/aromatic N) is 2. The van der Waals surface area contributed by atoms with Gasteiger partial charge in [0.1, 0.15) is 0 Å². The zero-order valence-corrected chi connectivity index (χ0v) is 10.3. The van der Waals surface area contributed by atoms with Crippen molar-refractivity contribution in [3.63, 3.8) is 0 Å². The van der Waals surface area contributed by atoms with Crippen LogP contribution in [0.25, 0.3) is 0 Å². The SMILES string of the molecule is CNCc1nnc(NCC2Cc3ccccc32)o1. The molecule has 0 amide bonds. The molecule has 0 fully saturated rings. The Kier molecular flexibility index (Phi) is 2.98. The molecule has 18 heavy (non-hydrogen) atoms. The standard InChI is InChI=1S/C13H16N4O/c1-14-8-12-16-17-13(18-12)15-7-10-6-9-4-2-3-5-11(9)10/h2-5,10,14H,6-8H2,1H3,(H,15,17). The second kappa shape index (κ2) is 4.78. The largest absolute Gasteiger partial charge is 0.407 e. The van der Waals surface area contributed by atoms with Gasteiger partial charge in [-0.25, -0.2) is 0 Å². The molecule has 0 saturated carbocycles. The molecule has 0 radical (unpaired) electrons. The Balaban J connectivity index is 1.56. The van der Waals surface area contributed by atoms with Gasteiger partial charge in [-0.1, -0.05) is 29.4 Å². The van der Waals surface area contributed by atoms with E-state index in [1.165, 1.54) is 11.1 Å². The maximum Gasteiger partial charge on any atom is 0.315 e. The van der Waals surface area contributed by atoms with Crippen molar-refractivity contribution >= 4 is 6.01 Å². The second-order valence-electron chi connectivity index (χ2n) is 4.51. The van der Waals surface area contributed by atoms with Crippen LogP contribution in [-0.2, 0) is 13.0 Å². The predicted octanol–water partition coefficient (Wildman–Crippen LogP) is 1.54. The van der Waals surface area contributed by atoms with Crippen molar-refractivity contribution in [1.82, 2.24) is 15.5 Å². The van der Waals surface area contributed by atoms with Crippen molar-refractivity contribution in [3.8, 4) is 0 Å². The Morgan fingerprint density at radius 1 is 1.33 bits per heavy atom. The molecule has 94 valence electrons. The van der Waals surface area contributed by atoms with Gasteiger partial charge in [-0.2, -0.15) is 0 Å². The number of fused-ring (bicyclic) bond motifs is 1. The van der Waals surface area contributed by atoms with Crippen molar-refractivity contribution in [1.29, 1.82) is 0 Å². The molecule has 1 atom stereocenters. The summed E-state index contributed by atoms with van der Waals surface area (Å²) in [5.41, 5.74) is 2.88. The van der Waals surface area contributed by atoms with Gasteiger partial charge in [-0.05, 0) is 24.6 Å². The van der Waals surface area contributed by atoms with Gasteiger partial charge in [-0.3, -0.25) is 0 Å². The summed E-state index contributed by atoms with van der Waals surface area (Å²) in [5.74, 6) is 1.16. The molecule has 1 aliphatic rings. The van der Waals surface area contributed by atoms with Gasteiger partial charge < -0.3 is 15.1 Å². The first-order chi connectivity index (χ1) is 8.86. The van der Waals surface area contributed by atoms with Crippen molar-refractivity contribution in [2.24, 2.45) is 0 Å². The predicted molar refractivity (Wildman–Crippen MR) is 68.4 cm³/mol. The molecule has 1 aromatic carbocycles. The molecule has 2 N–H and O–H groups in total. The summed E-state index contributed by atoms with van der Waals surface area (Å²) in [7, 11) is 1.85. The maximum absolute atomic E-state index is 5.44. The number of aromatic nitrogens is 2. The third-order valence-corrected chi connectivity index (χ3v) is 3.26. The van der Waals surface area contributed by atoms with Crippen LogP contribution in [0.15, 0.2) is 28.7 Å². The molecule has 0 bridgehead atoms. The topological polar surface area (TPSA) is 63.0 Å². The summed E-state index contributed by atoms with van der Waals surface area (Å²) in [5, 5.41) is 14.1. The molecule has 0 spiro atoms. The second-order valence-corrected chi connectivity index (χ2v) is 4.51. The van der Waals surface area contributed by atoms with E-state index in [1.54, 1.807) is 0 Å². The first-order valence-electron chi connectivity index (χ1n) is 6.15. The van der Waals surface area contributed by atoms with Crippen LogP contribution >= 0.6 is 0 Å². The number of hydrogen-bond acceptors (Lipinski definition) is 5. The lowest BCUT2D eigenvalue weighted by Gasteiger charge is -2.29. The highest BCUT2D eigenvalue weighted by Gasteiger charge is 2.25. The zero-order chi connectivity index (χ0) is 12.4. The van der Waals surface area contributed by atoms with Crippen LogP contribution < -0.4 is 10.6 Å². The Hall–Kier alpha value is -1.88. The third-order valence-electron chi connectivity index (χ3n) is 3.26. The van der Waals surface area contributed by atoms with Gasteiger partial charge >= 0.3 is 6.01 Å². The molecule has 3 rings (SSSR count). The quantitative estimate of drug-likeness (QED) is 0.835. The summed E-state index contributed by atoms with van der Waals surface area (Å²) in [6, 6.07) is 9.05. The number of anilines is 1. The summed E-state index contributed by atoms with van der Waals surface area (Å²) < 4.78 is 5.44. The molecule has 1 aromatic heterocycles. The van der Waals surface area contributed by atoms with E-state index in [-0.39, 0.29) is 0 Å². The Labute approximate surface area is 106 Å². The monoisotopic (exact) mass is 244 g/mol. The normalized spacial score (nSPS) is 17.1. The van der Waals surface area contributed by atoms with Crippen LogP contribution in [0.1, 0.15) is 22.9 Å². The number of nitrogens with one attached hydrogen (secondary N) is 2. The van der Waals surface area contributed by atoms with Gasteiger partial charge in [0.15, 0.2) is 0 Å². The lowest BCUT2D eigenvalue weighted by atomic mass is 9.78. The lowest BCUT2D eigenvalue weighted by molar-refractivity contribution is 0.486. The van der Waals surface area contributed by atoms with Crippen LogP contribution in [0.3, 0.4) is 0 Å². The highest BCUT2D eigenvalue weighted by molar-refractivity contribution is 5.41.